The summed E-state index contributed by atoms with van der Waals surface area (Å²) in [5.41, 5.74) is 7.20. The first-order chi connectivity index (χ1) is 10.0. The number of thiazole rings is 1. The van der Waals surface area contributed by atoms with Gasteiger partial charge in [-0.15, -0.1) is 11.3 Å². The number of hydrogen-bond donors (Lipinski definition) is 1. The number of benzene rings is 1. The maximum atomic E-state index is 13.5. The Kier molecular flexibility index (Phi) is 3.59. The van der Waals surface area contributed by atoms with Gasteiger partial charge in [0, 0.05) is 17.1 Å². The van der Waals surface area contributed by atoms with Crippen molar-refractivity contribution in [3.05, 3.63) is 39.1 Å². The normalized spacial score (nSPS) is 13.0. The topological polar surface area (TPSA) is 56.7 Å². The number of rotatable bonds is 3. The standard InChI is InChI=1S/C14H14ClFN4S/c1-3-8-6-18-13(21-8)7(2)20-12-4-9(15)10(16)5-11(12)19-14(20)17/h4-7H,3H2,1-2H3,(H2,17,19). The summed E-state index contributed by atoms with van der Waals surface area (Å²) in [5.74, 6) is -0.170. The van der Waals surface area contributed by atoms with Gasteiger partial charge in [0.15, 0.2) is 0 Å². The van der Waals surface area contributed by atoms with E-state index in [0.717, 1.165) is 11.4 Å². The fraction of sp³-hybridized carbons (Fsp3) is 0.286. The maximum absolute atomic E-state index is 13.5. The summed E-state index contributed by atoms with van der Waals surface area (Å²) < 4.78 is 15.4. The molecule has 1 atom stereocenters. The van der Waals surface area contributed by atoms with E-state index in [2.05, 4.69) is 16.9 Å². The second-order valence-electron chi connectivity index (χ2n) is 4.79. The third-order valence-corrected chi connectivity index (χ3v) is 5.03. The zero-order valence-corrected chi connectivity index (χ0v) is 13.2. The van der Waals surface area contributed by atoms with Crippen molar-refractivity contribution in [1.29, 1.82) is 0 Å². The van der Waals surface area contributed by atoms with Crippen LogP contribution in [0.1, 0.15) is 29.8 Å². The molecule has 0 aliphatic rings. The lowest BCUT2D eigenvalue weighted by molar-refractivity contribution is 0.629. The molecule has 0 spiro atoms. The molecule has 1 aromatic carbocycles. The summed E-state index contributed by atoms with van der Waals surface area (Å²) in [6, 6.07) is 2.78. The minimum atomic E-state index is -0.496. The van der Waals surface area contributed by atoms with Crippen molar-refractivity contribution < 1.29 is 4.39 Å². The van der Waals surface area contributed by atoms with E-state index in [4.69, 9.17) is 17.3 Å². The Morgan fingerprint density at radius 3 is 2.90 bits per heavy atom. The van der Waals surface area contributed by atoms with Crippen LogP contribution in [0.4, 0.5) is 10.3 Å². The monoisotopic (exact) mass is 324 g/mol. The van der Waals surface area contributed by atoms with Crippen LogP contribution in [0.3, 0.4) is 0 Å². The molecule has 4 nitrogen and oxygen atoms in total. The average molecular weight is 325 g/mol. The lowest BCUT2D eigenvalue weighted by atomic mass is 10.2. The van der Waals surface area contributed by atoms with Crippen LogP contribution in [0.5, 0.6) is 0 Å². The zero-order valence-electron chi connectivity index (χ0n) is 11.6. The molecular formula is C14H14ClFN4S. The molecule has 3 aromatic rings. The molecule has 2 heterocycles. The summed E-state index contributed by atoms with van der Waals surface area (Å²) in [7, 11) is 0. The minimum Gasteiger partial charge on any atom is -0.369 e. The number of imidazole rings is 1. The van der Waals surface area contributed by atoms with Crippen LogP contribution in [0, 0.1) is 5.82 Å². The highest BCUT2D eigenvalue weighted by molar-refractivity contribution is 7.11. The van der Waals surface area contributed by atoms with Crippen LogP contribution >= 0.6 is 22.9 Å². The van der Waals surface area contributed by atoms with E-state index in [1.54, 1.807) is 17.4 Å². The van der Waals surface area contributed by atoms with Crippen molar-refractivity contribution in [3.8, 4) is 0 Å². The van der Waals surface area contributed by atoms with Gasteiger partial charge in [0.2, 0.25) is 5.95 Å². The van der Waals surface area contributed by atoms with Crippen molar-refractivity contribution in [3.63, 3.8) is 0 Å². The summed E-state index contributed by atoms with van der Waals surface area (Å²) in [5, 5.41) is 1.00. The highest BCUT2D eigenvalue weighted by Crippen LogP contribution is 2.31. The molecule has 1 unspecified atom stereocenters. The lowest BCUT2D eigenvalue weighted by Gasteiger charge is -2.13. The minimum absolute atomic E-state index is 0.0595. The summed E-state index contributed by atoms with van der Waals surface area (Å²) in [6.07, 6.45) is 2.82. The van der Waals surface area contributed by atoms with Crippen LogP contribution in [-0.2, 0) is 6.42 Å². The second kappa shape index (κ2) is 5.27. The molecule has 0 bridgehead atoms. The first-order valence-corrected chi connectivity index (χ1v) is 7.77. The van der Waals surface area contributed by atoms with E-state index < -0.39 is 5.82 Å². The highest BCUT2D eigenvalue weighted by Gasteiger charge is 2.19. The Bertz CT molecular complexity index is 811. The molecule has 7 heteroatoms. The average Bonchev–Trinajstić information content (AvgIpc) is 3.03. The van der Waals surface area contributed by atoms with E-state index in [9.17, 15) is 4.39 Å². The van der Waals surface area contributed by atoms with Gasteiger partial charge in [0.1, 0.15) is 10.8 Å². The van der Waals surface area contributed by atoms with Gasteiger partial charge in [0.05, 0.1) is 22.1 Å². The molecular weight excluding hydrogens is 311 g/mol. The molecule has 0 radical (unpaired) electrons. The van der Waals surface area contributed by atoms with E-state index in [0.29, 0.717) is 17.0 Å². The molecule has 21 heavy (non-hydrogen) atoms. The van der Waals surface area contributed by atoms with Gasteiger partial charge < -0.3 is 10.3 Å². The predicted molar refractivity (Wildman–Crippen MR) is 84.4 cm³/mol. The molecule has 2 aromatic heterocycles. The van der Waals surface area contributed by atoms with Crippen LogP contribution in [0.2, 0.25) is 5.02 Å². The SMILES string of the molecule is CCc1cnc(C(C)n2c(N)nc3cc(F)c(Cl)cc32)s1. The van der Waals surface area contributed by atoms with Crippen molar-refractivity contribution in [2.45, 2.75) is 26.3 Å². The fourth-order valence-electron chi connectivity index (χ4n) is 2.31. The molecule has 0 fully saturated rings. The molecule has 2 N–H and O–H groups in total. The third kappa shape index (κ3) is 2.38. The van der Waals surface area contributed by atoms with Crippen molar-refractivity contribution in [1.82, 2.24) is 14.5 Å². The summed E-state index contributed by atoms with van der Waals surface area (Å²) in [6.45, 7) is 4.08. The Morgan fingerprint density at radius 2 is 2.24 bits per heavy atom. The molecule has 110 valence electrons. The first-order valence-electron chi connectivity index (χ1n) is 6.58. The van der Waals surface area contributed by atoms with E-state index >= 15 is 0 Å². The number of nitrogen functional groups attached to an aromatic ring is 1. The summed E-state index contributed by atoms with van der Waals surface area (Å²) in [4.78, 5) is 9.86. The number of halogens is 2. The van der Waals surface area contributed by atoms with Crippen molar-refractivity contribution >= 4 is 39.9 Å². The Hall–Kier alpha value is -1.66. The molecule has 0 aliphatic carbocycles. The predicted octanol–water partition coefficient (Wildman–Crippen LogP) is 4.04. The van der Waals surface area contributed by atoms with Crippen LogP contribution < -0.4 is 5.73 Å². The molecule has 0 amide bonds. The van der Waals surface area contributed by atoms with Crippen LogP contribution in [0.25, 0.3) is 11.0 Å². The largest absolute Gasteiger partial charge is 0.369 e. The van der Waals surface area contributed by atoms with Gasteiger partial charge in [-0.05, 0) is 19.4 Å². The van der Waals surface area contributed by atoms with Crippen LogP contribution in [0.15, 0.2) is 18.3 Å². The van der Waals surface area contributed by atoms with E-state index in [1.165, 1.54) is 10.9 Å². The van der Waals surface area contributed by atoms with Gasteiger partial charge in [-0.25, -0.2) is 14.4 Å². The Labute approximate surface area is 130 Å². The number of anilines is 1. The number of aromatic nitrogens is 3. The fourth-order valence-corrected chi connectivity index (χ4v) is 3.36. The smallest absolute Gasteiger partial charge is 0.201 e. The van der Waals surface area contributed by atoms with Crippen LogP contribution in [-0.4, -0.2) is 14.5 Å². The van der Waals surface area contributed by atoms with Gasteiger partial charge >= 0.3 is 0 Å². The Morgan fingerprint density at radius 1 is 1.48 bits per heavy atom. The Balaban J connectivity index is 2.14. The van der Waals surface area contributed by atoms with Gasteiger partial charge in [-0.1, -0.05) is 18.5 Å². The molecule has 3 rings (SSSR count). The maximum Gasteiger partial charge on any atom is 0.201 e. The van der Waals surface area contributed by atoms with Crippen molar-refractivity contribution in [2.24, 2.45) is 0 Å². The summed E-state index contributed by atoms with van der Waals surface area (Å²) >= 11 is 7.52. The highest BCUT2D eigenvalue weighted by atomic mass is 35.5. The van der Waals surface area contributed by atoms with Gasteiger partial charge in [0.25, 0.3) is 0 Å². The quantitative estimate of drug-likeness (QED) is 0.791. The third-order valence-electron chi connectivity index (χ3n) is 3.42. The molecule has 0 aliphatic heterocycles. The number of nitrogens with two attached hydrogens (primary N) is 1. The second-order valence-corrected chi connectivity index (χ2v) is 6.34. The molecule has 0 saturated heterocycles. The van der Waals surface area contributed by atoms with E-state index in [-0.39, 0.29) is 11.1 Å². The van der Waals surface area contributed by atoms with Crippen molar-refractivity contribution in [2.75, 3.05) is 5.73 Å². The van der Waals surface area contributed by atoms with E-state index in [1.807, 2.05) is 17.7 Å². The van der Waals surface area contributed by atoms with Gasteiger partial charge in [-0.3, -0.25) is 0 Å². The number of nitrogens with zero attached hydrogens (tertiary/aromatic N) is 3. The molecule has 0 saturated carbocycles. The number of aryl methyl sites for hydroxylation is 1. The first kappa shape index (κ1) is 14.3. The van der Waals surface area contributed by atoms with Gasteiger partial charge in [-0.2, -0.15) is 0 Å². The number of fused-ring (bicyclic) bond motifs is 1. The zero-order chi connectivity index (χ0) is 15.1. The lowest BCUT2D eigenvalue weighted by Crippen LogP contribution is -2.09. The number of hydrogen-bond acceptors (Lipinski definition) is 4.